The third-order valence-electron chi connectivity index (χ3n) is 2.99. The lowest BCUT2D eigenvalue weighted by Crippen LogP contribution is -1.94. The first-order valence-electron chi connectivity index (χ1n) is 6.22. The number of hydrogen-bond donors (Lipinski definition) is 1. The largest absolute Gasteiger partial charge is 0.329 e. The molecular weight excluding hydrogens is 292 g/mol. The van der Waals surface area contributed by atoms with Crippen LogP contribution in [0.3, 0.4) is 0 Å². The second-order valence-electron chi connectivity index (χ2n) is 4.48. The van der Waals surface area contributed by atoms with Crippen LogP contribution in [0.1, 0.15) is 5.56 Å². The van der Waals surface area contributed by atoms with Crippen molar-refractivity contribution in [1.29, 1.82) is 0 Å². The zero-order chi connectivity index (χ0) is 14.8. The van der Waals surface area contributed by atoms with Crippen molar-refractivity contribution in [2.45, 2.75) is 6.92 Å². The third-order valence-corrected chi connectivity index (χ3v) is 3.75. The fraction of sp³-hybridized carbons (Fsp3) is 0.0667. The highest BCUT2D eigenvalue weighted by molar-refractivity contribution is 7.14. The van der Waals surface area contributed by atoms with Crippen LogP contribution in [-0.4, -0.2) is 9.97 Å². The SMILES string of the molecule is Cc1ccncc1-c1csc(Nc2ccc(F)cc2F)n1. The highest BCUT2D eigenvalue weighted by Gasteiger charge is 2.09. The van der Waals surface area contributed by atoms with E-state index in [1.165, 1.54) is 23.5 Å². The molecular formula is C15H11F2N3S. The number of aryl methyl sites for hydroxylation is 1. The summed E-state index contributed by atoms with van der Waals surface area (Å²) in [5, 5.41) is 5.26. The number of anilines is 2. The van der Waals surface area contributed by atoms with Crippen LogP contribution < -0.4 is 5.32 Å². The van der Waals surface area contributed by atoms with Gasteiger partial charge in [-0.2, -0.15) is 0 Å². The molecule has 0 spiro atoms. The van der Waals surface area contributed by atoms with Gasteiger partial charge in [-0.3, -0.25) is 4.98 Å². The van der Waals surface area contributed by atoms with Gasteiger partial charge in [-0.15, -0.1) is 11.3 Å². The van der Waals surface area contributed by atoms with Crippen LogP contribution in [-0.2, 0) is 0 Å². The minimum Gasteiger partial charge on any atom is -0.329 e. The summed E-state index contributed by atoms with van der Waals surface area (Å²) in [5.74, 6) is -1.26. The molecule has 2 heterocycles. The van der Waals surface area contributed by atoms with Crippen LogP contribution in [0.2, 0.25) is 0 Å². The summed E-state index contributed by atoms with van der Waals surface area (Å²) in [6, 6.07) is 5.29. The maximum absolute atomic E-state index is 13.6. The molecule has 0 aliphatic carbocycles. The van der Waals surface area contributed by atoms with Crippen LogP contribution in [0.25, 0.3) is 11.3 Å². The lowest BCUT2D eigenvalue weighted by molar-refractivity contribution is 0.586. The van der Waals surface area contributed by atoms with Crippen LogP contribution in [0, 0.1) is 18.6 Å². The van der Waals surface area contributed by atoms with Gasteiger partial charge < -0.3 is 5.32 Å². The normalized spacial score (nSPS) is 10.6. The number of thiazole rings is 1. The van der Waals surface area contributed by atoms with Crippen molar-refractivity contribution in [2.24, 2.45) is 0 Å². The molecule has 106 valence electrons. The van der Waals surface area contributed by atoms with Crippen molar-refractivity contribution in [2.75, 3.05) is 5.32 Å². The molecule has 0 atom stereocenters. The number of aromatic nitrogens is 2. The summed E-state index contributed by atoms with van der Waals surface area (Å²) >= 11 is 1.35. The molecule has 0 aliphatic heterocycles. The highest BCUT2D eigenvalue weighted by atomic mass is 32.1. The molecule has 2 aromatic heterocycles. The van der Waals surface area contributed by atoms with Crippen molar-refractivity contribution in [3.05, 3.63) is 59.2 Å². The molecule has 0 bridgehead atoms. The van der Waals surface area contributed by atoms with Gasteiger partial charge in [-0.1, -0.05) is 0 Å². The first-order chi connectivity index (χ1) is 10.1. The molecule has 1 N–H and O–H groups in total. The van der Waals surface area contributed by atoms with Crippen molar-refractivity contribution < 1.29 is 8.78 Å². The quantitative estimate of drug-likeness (QED) is 0.772. The van der Waals surface area contributed by atoms with Gasteiger partial charge in [-0.05, 0) is 30.7 Å². The van der Waals surface area contributed by atoms with Gasteiger partial charge in [0.2, 0.25) is 0 Å². The summed E-state index contributed by atoms with van der Waals surface area (Å²) in [5.41, 5.74) is 2.96. The van der Waals surface area contributed by atoms with Crippen molar-refractivity contribution in [1.82, 2.24) is 9.97 Å². The Balaban J connectivity index is 1.87. The van der Waals surface area contributed by atoms with Gasteiger partial charge >= 0.3 is 0 Å². The van der Waals surface area contributed by atoms with E-state index in [4.69, 9.17) is 0 Å². The smallest absolute Gasteiger partial charge is 0.187 e. The number of rotatable bonds is 3. The molecule has 6 heteroatoms. The number of nitrogens with zero attached hydrogens (tertiary/aromatic N) is 2. The number of nitrogens with one attached hydrogen (secondary N) is 1. The van der Waals surface area contributed by atoms with E-state index in [-0.39, 0.29) is 5.69 Å². The van der Waals surface area contributed by atoms with E-state index in [9.17, 15) is 8.78 Å². The van der Waals surface area contributed by atoms with Crippen LogP contribution in [0.4, 0.5) is 19.6 Å². The van der Waals surface area contributed by atoms with E-state index >= 15 is 0 Å². The Kier molecular flexibility index (Phi) is 3.62. The summed E-state index contributed by atoms with van der Waals surface area (Å²) in [7, 11) is 0. The maximum Gasteiger partial charge on any atom is 0.187 e. The van der Waals surface area contributed by atoms with Gasteiger partial charge in [0.15, 0.2) is 5.13 Å². The Labute approximate surface area is 124 Å². The van der Waals surface area contributed by atoms with Gasteiger partial charge in [0, 0.05) is 29.4 Å². The molecule has 1 aromatic carbocycles. The van der Waals surface area contributed by atoms with E-state index < -0.39 is 11.6 Å². The molecule has 0 fully saturated rings. The summed E-state index contributed by atoms with van der Waals surface area (Å²) in [6.07, 6.45) is 3.46. The molecule has 3 nitrogen and oxygen atoms in total. The molecule has 0 aliphatic rings. The van der Waals surface area contributed by atoms with E-state index in [2.05, 4.69) is 15.3 Å². The van der Waals surface area contributed by atoms with E-state index in [1.807, 2.05) is 18.4 Å². The average Bonchev–Trinajstić information content (AvgIpc) is 2.91. The van der Waals surface area contributed by atoms with Gasteiger partial charge in [0.25, 0.3) is 0 Å². The van der Waals surface area contributed by atoms with E-state index in [1.54, 1.807) is 12.4 Å². The van der Waals surface area contributed by atoms with Crippen LogP contribution in [0.15, 0.2) is 42.0 Å². The van der Waals surface area contributed by atoms with Gasteiger partial charge in [0.1, 0.15) is 11.6 Å². The van der Waals surface area contributed by atoms with Crippen LogP contribution in [0.5, 0.6) is 0 Å². The fourth-order valence-corrected chi connectivity index (χ4v) is 2.62. The first-order valence-corrected chi connectivity index (χ1v) is 7.10. The first kappa shape index (κ1) is 13.6. The van der Waals surface area contributed by atoms with Gasteiger partial charge in [0.05, 0.1) is 11.4 Å². The molecule has 0 amide bonds. The molecule has 0 saturated carbocycles. The second-order valence-corrected chi connectivity index (χ2v) is 5.34. The van der Waals surface area contributed by atoms with Crippen molar-refractivity contribution in [3.63, 3.8) is 0 Å². The standard InChI is InChI=1S/C15H11F2N3S/c1-9-4-5-18-7-11(9)14-8-21-15(20-14)19-13-3-2-10(16)6-12(13)17/h2-8H,1H3,(H,19,20). The Bertz CT molecular complexity index is 786. The monoisotopic (exact) mass is 303 g/mol. The second kappa shape index (κ2) is 5.57. The fourth-order valence-electron chi connectivity index (χ4n) is 1.89. The Morgan fingerprint density at radius 1 is 1.19 bits per heavy atom. The Morgan fingerprint density at radius 3 is 2.81 bits per heavy atom. The molecule has 0 saturated heterocycles. The highest BCUT2D eigenvalue weighted by Crippen LogP contribution is 2.29. The molecule has 3 rings (SSSR count). The van der Waals surface area contributed by atoms with Gasteiger partial charge in [-0.25, -0.2) is 13.8 Å². The predicted molar refractivity (Wildman–Crippen MR) is 79.7 cm³/mol. The van der Waals surface area contributed by atoms with E-state index in [0.29, 0.717) is 5.13 Å². The number of hydrogen-bond acceptors (Lipinski definition) is 4. The number of pyridine rings is 1. The molecule has 0 radical (unpaired) electrons. The molecule has 21 heavy (non-hydrogen) atoms. The minimum absolute atomic E-state index is 0.195. The zero-order valence-corrected chi connectivity index (χ0v) is 11.9. The van der Waals surface area contributed by atoms with Crippen molar-refractivity contribution in [3.8, 4) is 11.3 Å². The minimum atomic E-state index is -0.649. The maximum atomic E-state index is 13.6. The zero-order valence-electron chi connectivity index (χ0n) is 11.1. The average molecular weight is 303 g/mol. The predicted octanol–water partition coefficient (Wildman–Crippen LogP) is 4.54. The molecule has 3 aromatic rings. The third kappa shape index (κ3) is 2.90. The lowest BCUT2D eigenvalue weighted by Gasteiger charge is -2.04. The van der Waals surface area contributed by atoms with E-state index in [0.717, 1.165) is 22.9 Å². The lowest BCUT2D eigenvalue weighted by atomic mass is 10.1. The Morgan fingerprint density at radius 2 is 2.05 bits per heavy atom. The topological polar surface area (TPSA) is 37.8 Å². The van der Waals surface area contributed by atoms with Crippen molar-refractivity contribution >= 4 is 22.2 Å². The summed E-state index contributed by atoms with van der Waals surface area (Å²) in [6.45, 7) is 1.98. The summed E-state index contributed by atoms with van der Waals surface area (Å²) in [4.78, 5) is 8.49. The number of halogens is 2. The Hall–Kier alpha value is -2.34. The number of benzene rings is 1. The molecule has 0 unspecified atom stereocenters. The van der Waals surface area contributed by atoms with Crippen LogP contribution >= 0.6 is 11.3 Å². The summed E-state index contributed by atoms with van der Waals surface area (Å²) < 4.78 is 26.5.